The van der Waals surface area contributed by atoms with Crippen molar-refractivity contribution in [3.63, 3.8) is 0 Å². The van der Waals surface area contributed by atoms with Crippen molar-refractivity contribution >= 4 is 23.3 Å². The Morgan fingerprint density at radius 2 is 2.40 bits per heavy atom. The lowest BCUT2D eigenvalue weighted by atomic mass is 9.66. The molecule has 3 aliphatic rings. The molecule has 5 heteroatoms. The van der Waals surface area contributed by atoms with Crippen LogP contribution in [0.5, 0.6) is 0 Å². The zero-order chi connectivity index (χ0) is 14.4. The summed E-state index contributed by atoms with van der Waals surface area (Å²) in [5.41, 5.74) is -1.57. The van der Waals surface area contributed by atoms with Gasteiger partial charge < -0.3 is 10.1 Å². The van der Waals surface area contributed by atoms with E-state index in [1.54, 1.807) is 0 Å². The number of fused-ring (bicyclic) bond motifs is 1. The van der Waals surface area contributed by atoms with Crippen molar-refractivity contribution < 1.29 is 14.3 Å². The number of halogens is 1. The first-order chi connectivity index (χ1) is 9.55. The van der Waals surface area contributed by atoms with Crippen molar-refractivity contribution in [1.82, 2.24) is 5.32 Å². The predicted octanol–water partition coefficient (Wildman–Crippen LogP) is 1.81. The Balaban J connectivity index is 1.88. The highest BCUT2D eigenvalue weighted by atomic mass is 35.5. The molecule has 2 saturated heterocycles. The van der Waals surface area contributed by atoms with Crippen LogP contribution in [0.2, 0.25) is 0 Å². The maximum absolute atomic E-state index is 12.9. The molecule has 0 bridgehead atoms. The fourth-order valence-electron chi connectivity index (χ4n) is 3.79. The summed E-state index contributed by atoms with van der Waals surface area (Å²) in [6, 6.07) is 0. The van der Waals surface area contributed by atoms with Gasteiger partial charge in [-0.15, -0.1) is 11.6 Å². The van der Waals surface area contributed by atoms with Gasteiger partial charge in [-0.3, -0.25) is 9.59 Å². The molecular formula is C15H20ClNO3. The molecule has 0 aromatic carbocycles. The predicted molar refractivity (Wildman–Crippen MR) is 75.5 cm³/mol. The lowest BCUT2D eigenvalue weighted by Crippen LogP contribution is -2.75. The van der Waals surface area contributed by atoms with Gasteiger partial charge in [0.05, 0.1) is 12.5 Å². The highest BCUT2D eigenvalue weighted by Gasteiger charge is 2.72. The quantitative estimate of drug-likeness (QED) is 0.636. The van der Waals surface area contributed by atoms with Gasteiger partial charge in [-0.1, -0.05) is 12.2 Å². The van der Waals surface area contributed by atoms with E-state index in [9.17, 15) is 9.59 Å². The number of ketones is 1. The van der Waals surface area contributed by atoms with Gasteiger partial charge in [0.15, 0.2) is 11.3 Å². The van der Waals surface area contributed by atoms with Gasteiger partial charge in [-0.05, 0) is 32.6 Å². The molecular weight excluding hydrogens is 278 g/mol. The van der Waals surface area contributed by atoms with E-state index in [-0.39, 0.29) is 30.1 Å². The number of hydrogen-bond acceptors (Lipinski definition) is 3. The van der Waals surface area contributed by atoms with Crippen molar-refractivity contribution in [3.05, 3.63) is 12.2 Å². The number of amides is 1. The first-order valence-electron chi connectivity index (χ1n) is 7.28. The number of ether oxygens (including phenoxy) is 1. The molecule has 4 atom stereocenters. The summed E-state index contributed by atoms with van der Waals surface area (Å²) in [6.07, 6.45) is 7.51. The van der Waals surface area contributed by atoms with Gasteiger partial charge in [-0.25, -0.2) is 0 Å². The molecule has 110 valence electrons. The Kier molecular flexibility index (Phi) is 3.41. The molecule has 20 heavy (non-hydrogen) atoms. The van der Waals surface area contributed by atoms with Gasteiger partial charge in [0.25, 0.3) is 0 Å². The number of alkyl halides is 1. The van der Waals surface area contributed by atoms with Crippen LogP contribution in [0.3, 0.4) is 0 Å². The second kappa shape index (κ2) is 4.85. The lowest BCUT2D eigenvalue weighted by Gasteiger charge is -2.53. The molecule has 0 aromatic rings. The van der Waals surface area contributed by atoms with Gasteiger partial charge >= 0.3 is 0 Å². The van der Waals surface area contributed by atoms with Gasteiger partial charge in [0.2, 0.25) is 5.91 Å². The largest absolute Gasteiger partial charge is 0.368 e. The van der Waals surface area contributed by atoms with Crippen LogP contribution < -0.4 is 5.32 Å². The normalized spacial score (nSPS) is 42.8. The van der Waals surface area contributed by atoms with Crippen molar-refractivity contribution in [3.8, 4) is 0 Å². The number of nitrogens with one attached hydrogen (secondary N) is 1. The standard InChI is InChI=1S/C15H20ClNO3/c1-14-11(7-8-16)13(19)17-15(14,9-20-14)12(18)10-5-3-2-4-6-10/h3,5,10-11H,2,4,6-9H2,1H3,(H,17,19)/t10-,11?,14+,15-/m1/s1. The molecule has 2 aliphatic heterocycles. The van der Waals surface area contributed by atoms with Crippen LogP contribution in [0.4, 0.5) is 0 Å². The fraction of sp³-hybridized carbons (Fsp3) is 0.733. The van der Waals surface area contributed by atoms with Gasteiger partial charge in [0, 0.05) is 11.8 Å². The zero-order valence-corrected chi connectivity index (χ0v) is 12.4. The highest BCUT2D eigenvalue weighted by Crippen LogP contribution is 2.50. The van der Waals surface area contributed by atoms with Crippen LogP contribution in [0.1, 0.15) is 32.6 Å². The van der Waals surface area contributed by atoms with Crippen LogP contribution in [0, 0.1) is 11.8 Å². The second-order valence-corrected chi connectivity index (χ2v) is 6.53. The monoisotopic (exact) mass is 297 g/mol. The fourth-order valence-corrected chi connectivity index (χ4v) is 4.01. The Labute approximate surface area is 123 Å². The second-order valence-electron chi connectivity index (χ2n) is 6.15. The maximum atomic E-state index is 12.9. The third-order valence-electron chi connectivity index (χ3n) is 5.16. The van der Waals surface area contributed by atoms with Crippen molar-refractivity contribution in [2.45, 2.75) is 43.7 Å². The SMILES string of the molecule is C[C@@]12OC[C@]1(C(=O)[C@@H]1C=CCCC1)NC(=O)C2CCCl. The van der Waals surface area contributed by atoms with Crippen LogP contribution in [-0.4, -0.2) is 35.3 Å². The summed E-state index contributed by atoms with van der Waals surface area (Å²) < 4.78 is 5.71. The molecule has 1 aliphatic carbocycles. The molecule has 0 aromatic heterocycles. The van der Waals surface area contributed by atoms with Crippen molar-refractivity contribution in [2.24, 2.45) is 11.8 Å². The van der Waals surface area contributed by atoms with E-state index in [0.717, 1.165) is 19.3 Å². The third-order valence-corrected chi connectivity index (χ3v) is 5.38. The third kappa shape index (κ3) is 1.70. The molecule has 1 amide bonds. The van der Waals surface area contributed by atoms with E-state index in [1.807, 2.05) is 13.0 Å². The number of hydrogen-bond donors (Lipinski definition) is 1. The number of Topliss-reactive ketones (excluding diaryl/α,β-unsaturated/α-hetero) is 1. The number of rotatable bonds is 4. The van der Waals surface area contributed by atoms with Gasteiger partial charge in [-0.2, -0.15) is 0 Å². The minimum absolute atomic E-state index is 0.0953. The molecule has 4 nitrogen and oxygen atoms in total. The van der Waals surface area contributed by atoms with E-state index in [1.165, 1.54) is 0 Å². The van der Waals surface area contributed by atoms with Crippen molar-refractivity contribution in [2.75, 3.05) is 12.5 Å². The van der Waals surface area contributed by atoms with Crippen LogP contribution in [0.25, 0.3) is 0 Å². The Hall–Kier alpha value is -0.870. The van der Waals surface area contributed by atoms with E-state index in [4.69, 9.17) is 16.3 Å². The Morgan fingerprint density at radius 3 is 2.95 bits per heavy atom. The smallest absolute Gasteiger partial charge is 0.227 e. The average molecular weight is 298 g/mol. The average Bonchev–Trinajstić information content (AvgIpc) is 2.61. The zero-order valence-electron chi connectivity index (χ0n) is 11.7. The summed E-state index contributed by atoms with van der Waals surface area (Å²) in [5.74, 6) is -0.0244. The topological polar surface area (TPSA) is 55.4 Å². The van der Waals surface area contributed by atoms with E-state index < -0.39 is 11.1 Å². The Morgan fingerprint density at radius 1 is 1.60 bits per heavy atom. The molecule has 2 heterocycles. The summed E-state index contributed by atoms with van der Waals surface area (Å²) in [7, 11) is 0. The number of carbonyl (C=O) groups excluding carboxylic acids is 2. The maximum Gasteiger partial charge on any atom is 0.227 e. The summed E-state index contributed by atoms with van der Waals surface area (Å²) in [6.45, 7) is 2.16. The molecule has 0 spiro atoms. The van der Waals surface area contributed by atoms with Gasteiger partial charge in [0.1, 0.15) is 5.60 Å². The molecule has 3 rings (SSSR count). The van der Waals surface area contributed by atoms with Crippen LogP contribution >= 0.6 is 11.6 Å². The molecule has 1 unspecified atom stereocenters. The minimum atomic E-state index is -0.840. The highest BCUT2D eigenvalue weighted by molar-refractivity contribution is 6.18. The first-order valence-corrected chi connectivity index (χ1v) is 7.81. The van der Waals surface area contributed by atoms with E-state index >= 15 is 0 Å². The number of carbonyl (C=O) groups is 2. The van der Waals surface area contributed by atoms with E-state index in [2.05, 4.69) is 11.4 Å². The summed E-state index contributed by atoms with van der Waals surface area (Å²) in [5, 5.41) is 2.93. The van der Waals surface area contributed by atoms with E-state index in [0.29, 0.717) is 12.3 Å². The Bertz CT molecular complexity index is 478. The van der Waals surface area contributed by atoms with Crippen LogP contribution in [0.15, 0.2) is 12.2 Å². The van der Waals surface area contributed by atoms with Crippen molar-refractivity contribution in [1.29, 1.82) is 0 Å². The molecule has 0 radical (unpaired) electrons. The molecule has 0 saturated carbocycles. The lowest BCUT2D eigenvalue weighted by molar-refractivity contribution is -0.217. The number of allylic oxidation sites excluding steroid dienone is 2. The minimum Gasteiger partial charge on any atom is -0.368 e. The molecule has 2 fully saturated rings. The first kappa shape index (κ1) is 14.1. The summed E-state index contributed by atoms with van der Waals surface area (Å²) in [4.78, 5) is 25.1. The summed E-state index contributed by atoms with van der Waals surface area (Å²) >= 11 is 5.79. The van der Waals surface area contributed by atoms with Crippen LogP contribution in [-0.2, 0) is 14.3 Å². The molecule has 1 N–H and O–H groups in total.